The van der Waals surface area contributed by atoms with Gasteiger partial charge in [0.1, 0.15) is 11.6 Å². The second-order valence-electron chi connectivity index (χ2n) is 6.26. The van der Waals surface area contributed by atoms with E-state index >= 15 is 0 Å². The maximum absolute atomic E-state index is 14.1. The van der Waals surface area contributed by atoms with Gasteiger partial charge in [0.2, 0.25) is 11.0 Å². The van der Waals surface area contributed by atoms with Crippen LogP contribution in [0.2, 0.25) is 0 Å². The first kappa shape index (κ1) is 24.3. The van der Waals surface area contributed by atoms with Gasteiger partial charge in [0, 0.05) is 12.2 Å². The van der Waals surface area contributed by atoms with E-state index in [1.165, 1.54) is 35.2 Å². The van der Waals surface area contributed by atoms with Crippen LogP contribution in [0.1, 0.15) is 6.42 Å². The number of para-hydroxylation sites is 1. The van der Waals surface area contributed by atoms with Crippen molar-refractivity contribution >= 4 is 45.5 Å². The standard InChI is InChI=1S/C20H15F4N5O2S2/c21-15-4-1-2-5-16(15)29(11-3-10-25)17(30)12-32-19-28-27-18(33-19)26-13-6-8-14(9-7-13)31-20(22,23)24/h1-2,4-9H,3,11-12H2,(H,26,27). The smallest absolute Gasteiger partial charge is 0.406 e. The van der Waals surface area contributed by atoms with Gasteiger partial charge < -0.3 is 15.0 Å². The van der Waals surface area contributed by atoms with Crippen molar-refractivity contribution in [3.63, 3.8) is 0 Å². The molecule has 1 amide bonds. The van der Waals surface area contributed by atoms with Crippen molar-refractivity contribution in [2.45, 2.75) is 17.1 Å². The Bertz CT molecular complexity index is 1130. The van der Waals surface area contributed by atoms with Crippen LogP contribution in [0.5, 0.6) is 5.75 Å². The number of carbonyl (C=O) groups excluding carboxylic acids is 1. The number of hydrogen-bond donors (Lipinski definition) is 1. The molecule has 3 rings (SSSR count). The molecule has 0 spiro atoms. The molecule has 0 atom stereocenters. The van der Waals surface area contributed by atoms with Gasteiger partial charge in [-0.3, -0.25) is 4.79 Å². The van der Waals surface area contributed by atoms with Gasteiger partial charge in [-0.15, -0.1) is 23.4 Å². The second kappa shape index (κ2) is 11.0. The van der Waals surface area contributed by atoms with E-state index in [-0.39, 0.29) is 30.2 Å². The van der Waals surface area contributed by atoms with E-state index in [0.717, 1.165) is 35.2 Å². The summed E-state index contributed by atoms with van der Waals surface area (Å²) in [7, 11) is 0. The van der Waals surface area contributed by atoms with E-state index in [0.29, 0.717) is 15.2 Å². The first-order chi connectivity index (χ1) is 15.7. The first-order valence-corrected chi connectivity index (χ1v) is 11.1. The van der Waals surface area contributed by atoms with Crippen LogP contribution in [-0.4, -0.2) is 34.8 Å². The minimum Gasteiger partial charge on any atom is -0.406 e. The molecule has 13 heteroatoms. The van der Waals surface area contributed by atoms with Crippen molar-refractivity contribution in [3.8, 4) is 11.8 Å². The maximum Gasteiger partial charge on any atom is 0.573 e. The number of alkyl halides is 3. The Morgan fingerprint density at radius 3 is 2.58 bits per heavy atom. The van der Waals surface area contributed by atoms with Gasteiger partial charge >= 0.3 is 6.36 Å². The molecule has 0 aliphatic rings. The minimum absolute atomic E-state index is 0.0460. The van der Waals surface area contributed by atoms with Gasteiger partial charge in [-0.1, -0.05) is 35.2 Å². The molecule has 0 bridgehead atoms. The minimum atomic E-state index is -4.77. The predicted molar refractivity (Wildman–Crippen MR) is 116 cm³/mol. The number of halogens is 4. The monoisotopic (exact) mass is 497 g/mol. The molecule has 3 aromatic rings. The van der Waals surface area contributed by atoms with Crippen LogP contribution in [0.15, 0.2) is 52.9 Å². The lowest BCUT2D eigenvalue weighted by atomic mass is 10.2. The molecule has 0 aliphatic heterocycles. The number of carbonyl (C=O) groups is 1. The molecule has 7 nitrogen and oxygen atoms in total. The van der Waals surface area contributed by atoms with E-state index in [4.69, 9.17) is 5.26 Å². The van der Waals surface area contributed by atoms with Crippen molar-refractivity contribution in [1.82, 2.24) is 10.2 Å². The highest BCUT2D eigenvalue weighted by Crippen LogP contribution is 2.30. The largest absolute Gasteiger partial charge is 0.573 e. The van der Waals surface area contributed by atoms with Crippen LogP contribution < -0.4 is 15.0 Å². The van der Waals surface area contributed by atoms with Crippen LogP contribution in [0.25, 0.3) is 0 Å². The number of nitrogens with zero attached hydrogens (tertiary/aromatic N) is 4. The first-order valence-electron chi connectivity index (χ1n) is 9.26. The summed E-state index contributed by atoms with van der Waals surface area (Å²) in [5.41, 5.74) is 0.562. The number of nitrogens with one attached hydrogen (secondary N) is 1. The number of benzene rings is 2. The molecule has 1 N–H and O–H groups in total. The molecule has 0 aliphatic carbocycles. The lowest BCUT2D eigenvalue weighted by molar-refractivity contribution is -0.274. The summed E-state index contributed by atoms with van der Waals surface area (Å²) in [4.78, 5) is 13.9. The van der Waals surface area contributed by atoms with E-state index in [1.54, 1.807) is 6.07 Å². The molecule has 0 fully saturated rings. The number of anilines is 3. The van der Waals surface area contributed by atoms with Gasteiger partial charge in [-0.05, 0) is 36.4 Å². The quantitative estimate of drug-likeness (QED) is 0.314. The fourth-order valence-corrected chi connectivity index (χ4v) is 4.24. The summed E-state index contributed by atoms with van der Waals surface area (Å²) in [5, 5.41) is 20.0. The Hall–Kier alpha value is -3.37. The Labute approximate surface area is 194 Å². The number of ether oxygens (including phenoxy) is 1. The van der Waals surface area contributed by atoms with Gasteiger partial charge in [-0.2, -0.15) is 5.26 Å². The zero-order chi connectivity index (χ0) is 23.8. The summed E-state index contributed by atoms with van der Waals surface area (Å²) in [6.07, 6.45) is -4.72. The molecule has 2 aromatic carbocycles. The lowest BCUT2D eigenvalue weighted by Gasteiger charge is -2.21. The number of amides is 1. The molecule has 0 unspecified atom stereocenters. The Balaban J connectivity index is 1.59. The molecule has 33 heavy (non-hydrogen) atoms. The summed E-state index contributed by atoms with van der Waals surface area (Å²) < 4.78 is 55.1. The fourth-order valence-electron chi connectivity index (χ4n) is 2.60. The average Bonchev–Trinajstić information content (AvgIpc) is 3.21. The number of hydrogen-bond acceptors (Lipinski definition) is 8. The maximum atomic E-state index is 14.1. The number of thioether (sulfide) groups is 1. The Morgan fingerprint density at radius 2 is 1.91 bits per heavy atom. The van der Waals surface area contributed by atoms with E-state index in [1.807, 2.05) is 6.07 Å². The van der Waals surface area contributed by atoms with Gasteiger partial charge in [0.25, 0.3) is 0 Å². The lowest BCUT2D eigenvalue weighted by Crippen LogP contribution is -2.34. The molecule has 1 heterocycles. The molecule has 0 radical (unpaired) electrons. The third-order valence-corrected chi connectivity index (χ3v) is 5.91. The normalized spacial score (nSPS) is 11.0. The van der Waals surface area contributed by atoms with Gasteiger partial charge in [-0.25, -0.2) is 4.39 Å². The highest BCUT2D eigenvalue weighted by Gasteiger charge is 2.31. The number of aromatic nitrogens is 2. The zero-order valence-corrected chi connectivity index (χ0v) is 18.3. The van der Waals surface area contributed by atoms with Crippen molar-refractivity contribution < 1.29 is 27.1 Å². The third-order valence-electron chi connectivity index (χ3n) is 3.96. The predicted octanol–water partition coefficient (Wildman–Crippen LogP) is 5.36. The molecular formula is C20H15F4N5O2S2. The van der Waals surface area contributed by atoms with Gasteiger partial charge in [0.15, 0.2) is 4.34 Å². The number of rotatable bonds is 9. The fraction of sp³-hybridized carbons (Fsp3) is 0.200. The van der Waals surface area contributed by atoms with E-state index in [2.05, 4.69) is 20.3 Å². The van der Waals surface area contributed by atoms with Crippen molar-refractivity contribution in [2.75, 3.05) is 22.5 Å². The zero-order valence-electron chi connectivity index (χ0n) is 16.7. The summed E-state index contributed by atoms with van der Waals surface area (Å²) in [6, 6.07) is 12.8. The third kappa shape index (κ3) is 7.33. The molecule has 172 valence electrons. The van der Waals surface area contributed by atoms with Crippen molar-refractivity contribution in [2.24, 2.45) is 0 Å². The highest BCUT2D eigenvalue weighted by atomic mass is 32.2. The Kier molecular flexibility index (Phi) is 8.07. The average molecular weight is 497 g/mol. The number of nitriles is 1. The van der Waals surface area contributed by atoms with E-state index < -0.39 is 18.1 Å². The SMILES string of the molecule is N#CCCN(C(=O)CSc1nnc(Nc2ccc(OC(F)(F)F)cc2)s1)c1ccccc1F. The summed E-state index contributed by atoms with van der Waals surface area (Å²) >= 11 is 2.23. The van der Waals surface area contributed by atoms with Crippen LogP contribution in [0.4, 0.5) is 34.1 Å². The Morgan fingerprint density at radius 1 is 1.18 bits per heavy atom. The van der Waals surface area contributed by atoms with Crippen molar-refractivity contribution in [1.29, 1.82) is 5.26 Å². The molecule has 0 saturated carbocycles. The van der Waals surface area contributed by atoms with Crippen LogP contribution in [0, 0.1) is 17.1 Å². The second-order valence-corrected chi connectivity index (χ2v) is 8.46. The van der Waals surface area contributed by atoms with Crippen LogP contribution >= 0.6 is 23.1 Å². The van der Waals surface area contributed by atoms with Crippen LogP contribution in [0.3, 0.4) is 0 Å². The molecular weight excluding hydrogens is 482 g/mol. The molecule has 1 aromatic heterocycles. The summed E-state index contributed by atoms with van der Waals surface area (Å²) in [5.74, 6) is -1.37. The van der Waals surface area contributed by atoms with Crippen molar-refractivity contribution in [3.05, 3.63) is 54.3 Å². The highest BCUT2D eigenvalue weighted by molar-refractivity contribution is 8.01. The van der Waals surface area contributed by atoms with Gasteiger partial charge in [0.05, 0.1) is 23.9 Å². The van der Waals surface area contributed by atoms with Crippen LogP contribution in [-0.2, 0) is 4.79 Å². The molecule has 0 saturated heterocycles. The summed E-state index contributed by atoms with van der Waals surface area (Å²) in [6.45, 7) is 0.0494. The topological polar surface area (TPSA) is 91.1 Å². The van der Waals surface area contributed by atoms with E-state index in [9.17, 15) is 22.4 Å².